The van der Waals surface area contributed by atoms with Crippen LogP contribution in [-0.4, -0.2) is 25.5 Å². The predicted octanol–water partition coefficient (Wildman–Crippen LogP) is 2.40. The van der Waals surface area contributed by atoms with Crippen molar-refractivity contribution in [3.05, 3.63) is 48.0 Å². The van der Waals surface area contributed by atoms with E-state index in [9.17, 15) is 0 Å². The Morgan fingerprint density at radius 3 is 2.44 bits per heavy atom. The van der Waals surface area contributed by atoms with Gasteiger partial charge in [0.25, 0.3) is 0 Å². The van der Waals surface area contributed by atoms with E-state index < -0.39 is 0 Å². The molecule has 2 heteroatoms. The fraction of sp³-hybridized carbons (Fsp3) is 0.286. The molecule has 0 radical (unpaired) electrons. The number of nitrogens with two attached hydrogens (primary N) is 1. The Hall–Kier alpha value is -1.38. The van der Waals surface area contributed by atoms with Crippen molar-refractivity contribution in [3.63, 3.8) is 0 Å². The van der Waals surface area contributed by atoms with Crippen molar-refractivity contribution in [2.24, 2.45) is 5.73 Å². The number of benzene rings is 2. The summed E-state index contributed by atoms with van der Waals surface area (Å²) in [5, 5.41) is 2.53. The quantitative estimate of drug-likeness (QED) is 0.850. The van der Waals surface area contributed by atoms with Crippen LogP contribution >= 0.6 is 0 Å². The molecule has 2 aromatic carbocycles. The number of nitrogens with zero attached hydrogens (tertiary/aromatic N) is 1. The zero-order chi connectivity index (χ0) is 11.5. The van der Waals surface area contributed by atoms with Crippen LogP contribution in [0.1, 0.15) is 11.6 Å². The van der Waals surface area contributed by atoms with Gasteiger partial charge in [-0.25, -0.2) is 0 Å². The van der Waals surface area contributed by atoms with Crippen molar-refractivity contribution >= 4 is 10.8 Å². The highest BCUT2D eigenvalue weighted by Gasteiger charge is 2.07. The molecule has 84 valence electrons. The van der Waals surface area contributed by atoms with Crippen LogP contribution in [0.25, 0.3) is 10.8 Å². The van der Waals surface area contributed by atoms with E-state index in [2.05, 4.69) is 47.4 Å². The third kappa shape index (κ3) is 2.40. The Bertz CT molecular complexity index is 477. The zero-order valence-corrected chi connectivity index (χ0v) is 9.85. The average Bonchev–Trinajstić information content (AvgIpc) is 2.27. The van der Waals surface area contributed by atoms with E-state index in [0.29, 0.717) is 0 Å². The van der Waals surface area contributed by atoms with Gasteiger partial charge in [-0.3, -0.25) is 0 Å². The van der Waals surface area contributed by atoms with E-state index in [1.54, 1.807) is 0 Å². The fourth-order valence-electron chi connectivity index (χ4n) is 1.94. The van der Waals surface area contributed by atoms with Crippen molar-refractivity contribution in [2.75, 3.05) is 20.6 Å². The molecule has 0 bridgehead atoms. The molecule has 0 saturated heterocycles. The van der Waals surface area contributed by atoms with E-state index >= 15 is 0 Å². The largest absolute Gasteiger partial charge is 0.323 e. The van der Waals surface area contributed by atoms with Gasteiger partial charge in [0.1, 0.15) is 0 Å². The van der Waals surface area contributed by atoms with Crippen LogP contribution in [0.5, 0.6) is 0 Å². The molecule has 0 aliphatic heterocycles. The first-order chi connectivity index (χ1) is 7.66. The molecule has 1 unspecified atom stereocenters. The Balaban J connectivity index is 2.32. The predicted molar refractivity (Wildman–Crippen MR) is 69.4 cm³/mol. The molecule has 0 saturated carbocycles. The smallest absolute Gasteiger partial charge is 0.0424 e. The van der Waals surface area contributed by atoms with Crippen LogP contribution in [0.3, 0.4) is 0 Å². The third-order valence-corrected chi connectivity index (χ3v) is 2.76. The molecule has 2 N–H and O–H groups in total. The van der Waals surface area contributed by atoms with Gasteiger partial charge in [-0.1, -0.05) is 36.4 Å². The molecule has 0 spiro atoms. The summed E-state index contributed by atoms with van der Waals surface area (Å²) in [5.74, 6) is 0. The summed E-state index contributed by atoms with van der Waals surface area (Å²) in [5.41, 5.74) is 7.35. The van der Waals surface area contributed by atoms with Gasteiger partial charge >= 0.3 is 0 Å². The summed E-state index contributed by atoms with van der Waals surface area (Å²) in [6, 6.07) is 14.9. The maximum atomic E-state index is 6.15. The molecular formula is C14H18N2. The average molecular weight is 214 g/mol. The van der Waals surface area contributed by atoms with E-state index in [0.717, 1.165) is 6.54 Å². The van der Waals surface area contributed by atoms with Gasteiger partial charge < -0.3 is 10.6 Å². The van der Waals surface area contributed by atoms with Gasteiger partial charge in [0.2, 0.25) is 0 Å². The Labute approximate surface area is 96.7 Å². The fourth-order valence-corrected chi connectivity index (χ4v) is 1.94. The highest BCUT2D eigenvalue weighted by molar-refractivity contribution is 5.83. The second-order valence-corrected chi connectivity index (χ2v) is 4.48. The minimum Gasteiger partial charge on any atom is -0.323 e. The number of likely N-dealkylation sites (N-methyl/N-ethyl adjacent to an activating group) is 1. The lowest BCUT2D eigenvalue weighted by Gasteiger charge is -2.17. The lowest BCUT2D eigenvalue weighted by molar-refractivity contribution is 0.377. The van der Waals surface area contributed by atoms with Gasteiger partial charge in [0.05, 0.1) is 0 Å². The van der Waals surface area contributed by atoms with Crippen LogP contribution < -0.4 is 5.73 Å². The zero-order valence-electron chi connectivity index (χ0n) is 9.85. The molecule has 0 aromatic heterocycles. The van der Waals surface area contributed by atoms with Gasteiger partial charge in [-0.05, 0) is 36.5 Å². The Morgan fingerprint density at radius 2 is 1.75 bits per heavy atom. The first-order valence-electron chi connectivity index (χ1n) is 5.56. The molecule has 0 fully saturated rings. The molecule has 0 amide bonds. The molecule has 2 aromatic rings. The molecule has 0 aliphatic carbocycles. The van der Waals surface area contributed by atoms with Crippen molar-refractivity contribution in [2.45, 2.75) is 6.04 Å². The normalized spacial score (nSPS) is 13.2. The monoisotopic (exact) mass is 214 g/mol. The first kappa shape index (κ1) is 11.1. The van der Waals surface area contributed by atoms with Crippen molar-refractivity contribution in [1.82, 2.24) is 4.90 Å². The Kier molecular flexibility index (Phi) is 3.22. The summed E-state index contributed by atoms with van der Waals surface area (Å²) >= 11 is 0. The van der Waals surface area contributed by atoms with Gasteiger partial charge in [0, 0.05) is 12.6 Å². The molecule has 2 nitrogen and oxygen atoms in total. The number of hydrogen-bond acceptors (Lipinski definition) is 2. The molecule has 16 heavy (non-hydrogen) atoms. The summed E-state index contributed by atoms with van der Waals surface area (Å²) in [6.45, 7) is 0.873. The van der Waals surface area contributed by atoms with Crippen molar-refractivity contribution in [3.8, 4) is 0 Å². The summed E-state index contributed by atoms with van der Waals surface area (Å²) in [7, 11) is 4.09. The lowest BCUT2D eigenvalue weighted by Crippen LogP contribution is -2.25. The molecule has 2 rings (SSSR count). The van der Waals surface area contributed by atoms with Crippen LogP contribution in [0, 0.1) is 0 Å². The highest BCUT2D eigenvalue weighted by Crippen LogP contribution is 2.19. The second-order valence-electron chi connectivity index (χ2n) is 4.48. The Morgan fingerprint density at radius 1 is 1.06 bits per heavy atom. The maximum absolute atomic E-state index is 6.15. The van der Waals surface area contributed by atoms with Crippen molar-refractivity contribution < 1.29 is 0 Å². The summed E-state index contributed by atoms with van der Waals surface area (Å²) in [4.78, 5) is 2.11. The van der Waals surface area contributed by atoms with Crippen LogP contribution in [0.4, 0.5) is 0 Å². The topological polar surface area (TPSA) is 29.3 Å². The molecule has 1 atom stereocenters. The van der Waals surface area contributed by atoms with Gasteiger partial charge in [-0.2, -0.15) is 0 Å². The van der Waals surface area contributed by atoms with Crippen LogP contribution in [-0.2, 0) is 0 Å². The molecule has 0 aliphatic rings. The van der Waals surface area contributed by atoms with E-state index in [4.69, 9.17) is 5.73 Å². The minimum absolute atomic E-state index is 0.0830. The van der Waals surface area contributed by atoms with Gasteiger partial charge in [0.15, 0.2) is 0 Å². The SMILES string of the molecule is CN(C)CC(N)c1ccc2ccccc2c1. The first-order valence-corrected chi connectivity index (χ1v) is 5.56. The molecule has 0 heterocycles. The number of hydrogen-bond donors (Lipinski definition) is 1. The lowest BCUT2D eigenvalue weighted by atomic mass is 10.0. The van der Waals surface area contributed by atoms with E-state index in [1.807, 2.05) is 14.1 Å². The minimum atomic E-state index is 0.0830. The molecular weight excluding hydrogens is 196 g/mol. The van der Waals surface area contributed by atoms with E-state index in [1.165, 1.54) is 16.3 Å². The summed E-state index contributed by atoms with van der Waals surface area (Å²) < 4.78 is 0. The van der Waals surface area contributed by atoms with Crippen LogP contribution in [0.15, 0.2) is 42.5 Å². The standard InChI is InChI=1S/C14H18N2/c1-16(2)10-14(15)13-8-7-11-5-3-4-6-12(11)9-13/h3-9,14H,10,15H2,1-2H3. The highest BCUT2D eigenvalue weighted by atomic mass is 15.1. The van der Waals surface area contributed by atoms with E-state index in [-0.39, 0.29) is 6.04 Å². The number of rotatable bonds is 3. The van der Waals surface area contributed by atoms with Crippen molar-refractivity contribution in [1.29, 1.82) is 0 Å². The van der Waals surface area contributed by atoms with Crippen LogP contribution in [0.2, 0.25) is 0 Å². The second kappa shape index (κ2) is 4.64. The number of fused-ring (bicyclic) bond motifs is 1. The van der Waals surface area contributed by atoms with Gasteiger partial charge in [-0.15, -0.1) is 0 Å². The summed E-state index contributed by atoms with van der Waals surface area (Å²) in [6.07, 6.45) is 0. The maximum Gasteiger partial charge on any atom is 0.0424 e. The third-order valence-electron chi connectivity index (χ3n) is 2.76.